The number of unbranched alkanes of at least 4 members (excludes halogenated alkanes) is 2. The highest BCUT2D eigenvalue weighted by atomic mass is 16.4. The van der Waals surface area contributed by atoms with E-state index in [0.29, 0.717) is 12.3 Å². The Hall–Kier alpha value is -1.66. The van der Waals surface area contributed by atoms with E-state index in [0.717, 1.165) is 43.3 Å². The highest BCUT2D eigenvalue weighted by Crippen LogP contribution is 2.20. The Morgan fingerprint density at radius 3 is 2.12 bits per heavy atom. The molecule has 0 saturated carbocycles. The molecule has 0 aromatic rings. The fourth-order valence-corrected chi connectivity index (χ4v) is 2.92. The van der Waals surface area contributed by atoms with Crippen LogP contribution in [0.15, 0.2) is 23.3 Å². The van der Waals surface area contributed by atoms with Gasteiger partial charge in [0, 0.05) is 6.08 Å². The summed E-state index contributed by atoms with van der Waals surface area (Å²) < 4.78 is 0. The predicted octanol–water partition coefficient (Wildman–Crippen LogP) is 2.99. The third-order valence-electron chi connectivity index (χ3n) is 4.17. The molecule has 0 saturated heterocycles. The van der Waals surface area contributed by atoms with E-state index in [4.69, 9.17) is 15.3 Å². The minimum absolute atomic E-state index is 0.379. The molecule has 0 spiro atoms. The number of rotatable bonds is 13. The van der Waals surface area contributed by atoms with Crippen molar-refractivity contribution in [1.82, 2.24) is 0 Å². The van der Waals surface area contributed by atoms with Crippen molar-refractivity contribution in [2.24, 2.45) is 11.8 Å². The maximum Gasteiger partial charge on any atom is 0.328 e. The molecule has 0 radical (unpaired) electrons. The van der Waals surface area contributed by atoms with Crippen molar-refractivity contribution < 1.29 is 30.0 Å². The summed E-state index contributed by atoms with van der Waals surface area (Å²) in [5.41, 5.74) is 1.87. The molecule has 0 fully saturated rings. The molecule has 0 bridgehead atoms. The van der Waals surface area contributed by atoms with Crippen molar-refractivity contribution >= 4 is 11.9 Å². The summed E-state index contributed by atoms with van der Waals surface area (Å²) in [6.07, 6.45) is 7.00. The van der Waals surface area contributed by atoms with Gasteiger partial charge in [-0.3, -0.25) is 4.79 Å². The second-order valence-electron chi connectivity index (χ2n) is 6.86. The summed E-state index contributed by atoms with van der Waals surface area (Å²) in [5.74, 6) is -2.74. The van der Waals surface area contributed by atoms with E-state index in [9.17, 15) is 14.7 Å². The van der Waals surface area contributed by atoms with Crippen LogP contribution < -0.4 is 0 Å². The van der Waals surface area contributed by atoms with Gasteiger partial charge in [0.15, 0.2) is 0 Å². The van der Waals surface area contributed by atoms with Crippen molar-refractivity contribution in [2.75, 3.05) is 6.61 Å². The molecule has 0 aromatic carbocycles. The van der Waals surface area contributed by atoms with Crippen LogP contribution in [0.3, 0.4) is 0 Å². The van der Waals surface area contributed by atoms with Gasteiger partial charge >= 0.3 is 11.9 Å². The summed E-state index contributed by atoms with van der Waals surface area (Å²) in [4.78, 5) is 21.4. The van der Waals surface area contributed by atoms with Crippen LogP contribution in [0.4, 0.5) is 0 Å². The Morgan fingerprint density at radius 1 is 1.00 bits per heavy atom. The van der Waals surface area contributed by atoms with Gasteiger partial charge in [0.1, 0.15) is 5.92 Å². The van der Waals surface area contributed by atoms with Gasteiger partial charge in [-0.15, -0.1) is 0 Å². The summed E-state index contributed by atoms with van der Waals surface area (Å²) in [7, 11) is 0. The Morgan fingerprint density at radius 2 is 1.60 bits per heavy atom. The number of carboxylic acid groups (broad SMARTS) is 2. The Labute approximate surface area is 149 Å². The topological polar surface area (TPSA) is 115 Å². The Kier molecular flexibility index (Phi) is 11.8. The second-order valence-corrected chi connectivity index (χ2v) is 6.86. The van der Waals surface area contributed by atoms with Gasteiger partial charge < -0.3 is 20.4 Å². The Bertz CT molecular complexity index is 480. The quantitative estimate of drug-likeness (QED) is 0.229. The van der Waals surface area contributed by atoms with E-state index in [2.05, 4.69) is 6.92 Å². The van der Waals surface area contributed by atoms with E-state index < -0.39 is 30.6 Å². The van der Waals surface area contributed by atoms with Crippen LogP contribution in [0.2, 0.25) is 0 Å². The molecule has 0 rings (SSSR count). The normalized spacial score (nSPS) is 16.4. The largest absolute Gasteiger partial charge is 0.481 e. The number of aliphatic hydroxyl groups is 2. The van der Waals surface area contributed by atoms with Crippen LogP contribution in [0.25, 0.3) is 0 Å². The lowest BCUT2D eigenvalue weighted by Crippen LogP contribution is -2.31. The van der Waals surface area contributed by atoms with E-state index >= 15 is 0 Å². The molecule has 0 aliphatic heterocycles. The first-order valence-electron chi connectivity index (χ1n) is 8.77. The monoisotopic (exact) mass is 356 g/mol. The van der Waals surface area contributed by atoms with Crippen LogP contribution in [0, 0.1) is 11.8 Å². The lowest BCUT2D eigenvalue weighted by molar-refractivity contribution is -0.147. The molecule has 25 heavy (non-hydrogen) atoms. The summed E-state index contributed by atoms with van der Waals surface area (Å²) >= 11 is 0. The SMILES string of the molecule is CC(=C\C(=O)O)/C=C(\C)CC(C)CCCCCC(O)C(CO)C(=O)O. The zero-order valence-corrected chi connectivity index (χ0v) is 15.4. The zero-order chi connectivity index (χ0) is 19.4. The third-order valence-corrected chi connectivity index (χ3v) is 4.17. The average Bonchev–Trinajstić information content (AvgIpc) is 2.45. The van der Waals surface area contributed by atoms with Gasteiger partial charge in [0.25, 0.3) is 0 Å². The molecule has 0 aromatic heterocycles. The first kappa shape index (κ1) is 23.3. The summed E-state index contributed by atoms with van der Waals surface area (Å²) in [6.45, 7) is 5.36. The molecule has 0 heterocycles. The maximum atomic E-state index is 10.8. The first-order chi connectivity index (χ1) is 11.7. The first-order valence-corrected chi connectivity index (χ1v) is 8.77. The molecule has 4 N–H and O–H groups in total. The van der Waals surface area contributed by atoms with Crippen molar-refractivity contribution in [2.45, 2.75) is 65.4 Å². The molecule has 0 aliphatic rings. The molecule has 0 amide bonds. The van der Waals surface area contributed by atoms with E-state index in [1.54, 1.807) is 6.92 Å². The van der Waals surface area contributed by atoms with E-state index in [-0.39, 0.29) is 0 Å². The van der Waals surface area contributed by atoms with Gasteiger partial charge in [-0.2, -0.15) is 0 Å². The lowest BCUT2D eigenvalue weighted by atomic mass is 9.93. The highest BCUT2D eigenvalue weighted by Gasteiger charge is 2.24. The Balaban J connectivity index is 4.04. The van der Waals surface area contributed by atoms with Gasteiger partial charge in [0.2, 0.25) is 0 Å². The van der Waals surface area contributed by atoms with Crippen molar-refractivity contribution in [1.29, 1.82) is 0 Å². The molecular weight excluding hydrogens is 324 g/mol. The minimum atomic E-state index is -1.17. The number of allylic oxidation sites excluding steroid dienone is 3. The third kappa shape index (κ3) is 11.5. The number of aliphatic hydroxyl groups excluding tert-OH is 2. The van der Waals surface area contributed by atoms with Gasteiger partial charge in [0.05, 0.1) is 12.7 Å². The standard InChI is InChI=1S/C19H32O6/c1-13(9-14(2)10-15(3)11-18(22)23)7-5-4-6-8-17(21)16(12-20)19(24)25/h10-11,13,16-17,20-21H,4-9,12H2,1-3H3,(H,22,23)(H,24,25)/b14-10+,15-11+. The molecule has 144 valence electrons. The van der Waals surface area contributed by atoms with Gasteiger partial charge in [-0.05, 0) is 38.2 Å². The molecule has 0 aliphatic carbocycles. The van der Waals surface area contributed by atoms with Crippen molar-refractivity contribution in [3.05, 3.63) is 23.3 Å². The fourth-order valence-electron chi connectivity index (χ4n) is 2.92. The molecule has 6 nitrogen and oxygen atoms in total. The van der Waals surface area contributed by atoms with Gasteiger partial charge in [-0.1, -0.05) is 44.3 Å². The van der Waals surface area contributed by atoms with Crippen LogP contribution in [-0.2, 0) is 9.59 Å². The summed E-state index contributed by atoms with van der Waals surface area (Å²) in [6, 6.07) is 0. The smallest absolute Gasteiger partial charge is 0.328 e. The van der Waals surface area contributed by atoms with E-state index in [1.807, 2.05) is 13.0 Å². The van der Waals surface area contributed by atoms with Crippen molar-refractivity contribution in [3.63, 3.8) is 0 Å². The van der Waals surface area contributed by atoms with Crippen LogP contribution in [-0.4, -0.2) is 45.1 Å². The highest BCUT2D eigenvalue weighted by molar-refractivity contribution is 5.81. The molecule has 6 heteroatoms. The lowest BCUT2D eigenvalue weighted by Gasteiger charge is -2.17. The number of carboxylic acids is 2. The number of hydrogen-bond acceptors (Lipinski definition) is 4. The second kappa shape index (κ2) is 12.7. The van der Waals surface area contributed by atoms with Crippen molar-refractivity contribution in [3.8, 4) is 0 Å². The van der Waals surface area contributed by atoms with Crippen LogP contribution in [0.5, 0.6) is 0 Å². The van der Waals surface area contributed by atoms with Crippen LogP contribution in [0.1, 0.15) is 59.3 Å². The molecular formula is C19H32O6. The minimum Gasteiger partial charge on any atom is -0.481 e. The predicted molar refractivity (Wildman–Crippen MR) is 96.2 cm³/mol. The number of hydrogen-bond donors (Lipinski definition) is 4. The molecule has 3 atom stereocenters. The summed E-state index contributed by atoms with van der Waals surface area (Å²) in [5, 5.41) is 36.3. The number of carbonyl (C=O) groups is 2. The fraction of sp³-hybridized carbons (Fsp3) is 0.684. The van der Waals surface area contributed by atoms with E-state index in [1.165, 1.54) is 6.08 Å². The zero-order valence-electron chi connectivity index (χ0n) is 15.4. The maximum absolute atomic E-state index is 10.8. The van der Waals surface area contributed by atoms with Crippen LogP contribution >= 0.6 is 0 Å². The number of aliphatic carboxylic acids is 2. The molecule has 3 unspecified atom stereocenters. The van der Waals surface area contributed by atoms with Gasteiger partial charge in [-0.25, -0.2) is 4.79 Å². The average molecular weight is 356 g/mol.